The maximum atomic E-state index is 12.7. The molecular formula is C21H21N3O4. The maximum absolute atomic E-state index is 12.7. The second kappa shape index (κ2) is 8.85. The number of carbonyl (C=O) groups excluding carboxylic acids is 2. The van der Waals surface area contributed by atoms with Gasteiger partial charge in [-0.05, 0) is 43.3 Å². The Morgan fingerprint density at radius 3 is 2.43 bits per heavy atom. The monoisotopic (exact) mass is 379 g/mol. The molecule has 0 unspecified atom stereocenters. The van der Waals surface area contributed by atoms with E-state index < -0.39 is 11.9 Å². The highest BCUT2D eigenvalue weighted by molar-refractivity contribution is 6.01. The summed E-state index contributed by atoms with van der Waals surface area (Å²) in [5.41, 5.74) is 2.45. The fraction of sp³-hybridized carbons (Fsp3) is 0.190. The van der Waals surface area contributed by atoms with Crippen LogP contribution in [0.2, 0.25) is 0 Å². The largest absolute Gasteiger partial charge is 0.497 e. The highest BCUT2D eigenvalue weighted by Crippen LogP contribution is 2.25. The van der Waals surface area contributed by atoms with Crippen molar-refractivity contribution in [2.75, 3.05) is 20.3 Å². The van der Waals surface area contributed by atoms with E-state index >= 15 is 0 Å². The predicted molar refractivity (Wildman–Crippen MR) is 105 cm³/mol. The molecule has 0 radical (unpaired) electrons. The van der Waals surface area contributed by atoms with Gasteiger partial charge in [0.2, 0.25) is 0 Å². The average molecular weight is 379 g/mol. The van der Waals surface area contributed by atoms with Gasteiger partial charge < -0.3 is 14.8 Å². The van der Waals surface area contributed by atoms with Gasteiger partial charge in [0.1, 0.15) is 18.0 Å². The van der Waals surface area contributed by atoms with E-state index in [1.54, 1.807) is 37.0 Å². The molecule has 3 rings (SSSR count). The molecular weight excluding hydrogens is 358 g/mol. The molecule has 0 atom stereocenters. The Hall–Kier alpha value is -3.61. The van der Waals surface area contributed by atoms with Crippen LogP contribution in [-0.2, 0) is 9.53 Å². The zero-order valence-electron chi connectivity index (χ0n) is 15.7. The number of methoxy groups -OCH3 is 1. The minimum Gasteiger partial charge on any atom is -0.497 e. The molecule has 1 heterocycles. The molecule has 1 N–H and O–H groups in total. The number of nitrogens with one attached hydrogen (secondary N) is 1. The molecule has 0 aliphatic carbocycles. The topological polar surface area (TPSA) is 82.5 Å². The van der Waals surface area contributed by atoms with Gasteiger partial charge in [0.05, 0.1) is 25.0 Å². The lowest BCUT2D eigenvalue weighted by atomic mass is 10.1. The number of amides is 1. The number of benzene rings is 2. The summed E-state index contributed by atoms with van der Waals surface area (Å²) < 4.78 is 11.7. The SMILES string of the molecule is CCOC(=O)CNC(=O)c1cn(-c2ccccc2)nc1-c1ccc(OC)cc1. The molecule has 2 aromatic carbocycles. The van der Waals surface area contributed by atoms with Crippen molar-refractivity contribution in [1.82, 2.24) is 15.1 Å². The zero-order chi connectivity index (χ0) is 19.9. The Morgan fingerprint density at radius 1 is 1.07 bits per heavy atom. The third-order valence-corrected chi connectivity index (χ3v) is 4.04. The van der Waals surface area contributed by atoms with Gasteiger partial charge in [-0.2, -0.15) is 5.10 Å². The zero-order valence-corrected chi connectivity index (χ0v) is 15.7. The van der Waals surface area contributed by atoms with Crippen LogP contribution in [0.15, 0.2) is 60.8 Å². The molecule has 0 bridgehead atoms. The third kappa shape index (κ3) is 4.37. The van der Waals surface area contributed by atoms with Crippen LogP contribution in [0.1, 0.15) is 17.3 Å². The van der Waals surface area contributed by atoms with Gasteiger partial charge in [0.15, 0.2) is 0 Å². The molecule has 0 aliphatic heterocycles. The number of para-hydroxylation sites is 1. The van der Waals surface area contributed by atoms with E-state index in [1.165, 1.54) is 0 Å². The number of nitrogens with zero attached hydrogens (tertiary/aromatic N) is 2. The second-order valence-electron chi connectivity index (χ2n) is 5.89. The minimum absolute atomic E-state index is 0.203. The van der Waals surface area contributed by atoms with Gasteiger partial charge in [0, 0.05) is 11.8 Å². The van der Waals surface area contributed by atoms with Gasteiger partial charge in [-0.15, -0.1) is 0 Å². The van der Waals surface area contributed by atoms with E-state index in [2.05, 4.69) is 10.4 Å². The molecule has 1 amide bonds. The van der Waals surface area contributed by atoms with Crippen molar-refractivity contribution in [3.8, 4) is 22.7 Å². The normalized spacial score (nSPS) is 10.4. The Bertz CT molecular complexity index is 950. The summed E-state index contributed by atoms with van der Waals surface area (Å²) in [5.74, 6) is -0.182. The molecule has 0 saturated heterocycles. The van der Waals surface area contributed by atoms with Gasteiger partial charge in [0.25, 0.3) is 5.91 Å². The second-order valence-corrected chi connectivity index (χ2v) is 5.89. The molecule has 0 saturated carbocycles. The number of rotatable bonds is 7. The number of aromatic nitrogens is 2. The molecule has 3 aromatic rings. The van der Waals surface area contributed by atoms with Crippen molar-refractivity contribution in [3.05, 3.63) is 66.4 Å². The smallest absolute Gasteiger partial charge is 0.325 e. The van der Waals surface area contributed by atoms with E-state index in [0.29, 0.717) is 17.0 Å². The molecule has 0 aliphatic rings. The molecule has 1 aromatic heterocycles. The first-order valence-corrected chi connectivity index (χ1v) is 8.85. The Labute approximate surface area is 162 Å². The van der Waals surface area contributed by atoms with Gasteiger partial charge >= 0.3 is 5.97 Å². The van der Waals surface area contributed by atoms with Crippen molar-refractivity contribution in [1.29, 1.82) is 0 Å². The highest BCUT2D eigenvalue weighted by Gasteiger charge is 2.19. The van der Waals surface area contributed by atoms with Crippen LogP contribution < -0.4 is 10.1 Å². The lowest BCUT2D eigenvalue weighted by Gasteiger charge is -2.06. The van der Waals surface area contributed by atoms with Crippen molar-refractivity contribution >= 4 is 11.9 Å². The van der Waals surface area contributed by atoms with E-state index in [4.69, 9.17) is 9.47 Å². The number of carbonyl (C=O) groups is 2. The van der Waals surface area contributed by atoms with Crippen LogP contribution in [0.25, 0.3) is 16.9 Å². The molecule has 0 spiro atoms. The summed E-state index contributed by atoms with van der Waals surface area (Å²) in [6, 6.07) is 16.8. The van der Waals surface area contributed by atoms with E-state index in [1.807, 2.05) is 42.5 Å². The van der Waals surface area contributed by atoms with Crippen LogP contribution in [0, 0.1) is 0 Å². The lowest BCUT2D eigenvalue weighted by molar-refractivity contribution is -0.141. The summed E-state index contributed by atoms with van der Waals surface area (Å²) in [7, 11) is 1.59. The minimum atomic E-state index is -0.489. The van der Waals surface area contributed by atoms with Crippen molar-refractivity contribution in [3.63, 3.8) is 0 Å². The van der Waals surface area contributed by atoms with E-state index in [9.17, 15) is 9.59 Å². The highest BCUT2D eigenvalue weighted by atomic mass is 16.5. The summed E-state index contributed by atoms with van der Waals surface area (Å²) in [6.07, 6.45) is 1.65. The fourth-order valence-corrected chi connectivity index (χ4v) is 2.67. The van der Waals surface area contributed by atoms with Crippen molar-refractivity contribution < 1.29 is 19.1 Å². The Kier molecular flexibility index (Phi) is 6.06. The number of hydrogen-bond donors (Lipinski definition) is 1. The maximum Gasteiger partial charge on any atom is 0.325 e. The molecule has 144 valence electrons. The first kappa shape index (κ1) is 19.2. The lowest BCUT2D eigenvalue weighted by Crippen LogP contribution is -2.30. The van der Waals surface area contributed by atoms with Crippen LogP contribution in [0.4, 0.5) is 0 Å². The first-order valence-electron chi connectivity index (χ1n) is 8.85. The number of ether oxygens (including phenoxy) is 2. The Morgan fingerprint density at radius 2 is 1.79 bits per heavy atom. The van der Waals surface area contributed by atoms with Gasteiger partial charge in [-0.3, -0.25) is 9.59 Å². The van der Waals surface area contributed by atoms with Crippen LogP contribution in [0.3, 0.4) is 0 Å². The molecule has 0 fully saturated rings. The fourth-order valence-electron chi connectivity index (χ4n) is 2.67. The van der Waals surface area contributed by atoms with Gasteiger partial charge in [-0.25, -0.2) is 4.68 Å². The molecule has 7 heteroatoms. The van der Waals surface area contributed by atoms with Crippen LogP contribution >= 0.6 is 0 Å². The summed E-state index contributed by atoms with van der Waals surface area (Å²) >= 11 is 0. The predicted octanol–water partition coefficient (Wildman–Crippen LogP) is 2.84. The quantitative estimate of drug-likeness (QED) is 0.639. The first-order chi connectivity index (χ1) is 13.6. The summed E-state index contributed by atoms with van der Waals surface area (Å²) in [5, 5.41) is 7.18. The number of hydrogen-bond acceptors (Lipinski definition) is 5. The third-order valence-electron chi connectivity index (χ3n) is 4.04. The molecule has 7 nitrogen and oxygen atoms in total. The van der Waals surface area contributed by atoms with E-state index in [-0.39, 0.29) is 13.2 Å². The van der Waals surface area contributed by atoms with Crippen LogP contribution in [0.5, 0.6) is 5.75 Å². The van der Waals surface area contributed by atoms with E-state index in [0.717, 1.165) is 11.3 Å². The van der Waals surface area contributed by atoms with Crippen LogP contribution in [-0.4, -0.2) is 41.9 Å². The standard InChI is InChI=1S/C21H21N3O4/c1-3-28-19(25)13-22-21(26)18-14-24(16-7-5-4-6-8-16)23-20(18)15-9-11-17(27-2)12-10-15/h4-12,14H,3,13H2,1-2H3,(H,22,26). The summed E-state index contributed by atoms with van der Waals surface area (Å²) in [6.45, 7) is 1.77. The van der Waals surface area contributed by atoms with Gasteiger partial charge in [-0.1, -0.05) is 18.2 Å². The average Bonchev–Trinajstić information content (AvgIpc) is 3.18. The summed E-state index contributed by atoms with van der Waals surface area (Å²) in [4.78, 5) is 24.3. The number of esters is 1. The molecule has 28 heavy (non-hydrogen) atoms. The van der Waals surface area contributed by atoms with Crippen molar-refractivity contribution in [2.45, 2.75) is 6.92 Å². The Balaban J connectivity index is 1.95. The van der Waals surface area contributed by atoms with Crippen molar-refractivity contribution in [2.24, 2.45) is 0 Å².